The van der Waals surface area contributed by atoms with Crippen LogP contribution in [-0.2, 0) is 12.0 Å². The van der Waals surface area contributed by atoms with E-state index in [0.717, 1.165) is 29.7 Å². The molecule has 0 aliphatic carbocycles. The maximum atomic E-state index is 13.5. The van der Waals surface area contributed by atoms with Crippen molar-refractivity contribution in [1.82, 2.24) is 20.5 Å². The third-order valence-electron chi connectivity index (χ3n) is 8.50. The van der Waals surface area contributed by atoms with Crippen LogP contribution >= 0.6 is 0 Å². The van der Waals surface area contributed by atoms with Gasteiger partial charge < -0.3 is 25.1 Å². The Morgan fingerprint density at radius 2 is 1.76 bits per heavy atom. The van der Waals surface area contributed by atoms with Gasteiger partial charge in [0, 0.05) is 24.2 Å². The number of hydrogen-bond donors (Lipinski definition) is 3. The second-order valence-corrected chi connectivity index (χ2v) is 13.0. The normalized spacial score (nSPS) is 17.1. The second kappa shape index (κ2) is 13.8. The second-order valence-electron chi connectivity index (χ2n) is 13.0. The zero-order valence-corrected chi connectivity index (χ0v) is 26.8. The predicted octanol–water partition coefficient (Wildman–Crippen LogP) is 6.27. The maximum absolute atomic E-state index is 13.5. The smallest absolute Gasteiger partial charge is 0.254 e. The van der Waals surface area contributed by atoms with Crippen molar-refractivity contribution in [3.63, 3.8) is 0 Å². The molecule has 0 spiro atoms. The minimum absolute atomic E-state index is 0.0288. The quantitative estimate of drug-likeness (QED) is 0.196. The van der Waals surface area contributed by atoms with E-state index < -0.39 is 18.2 Å². The molecule has 1 saturated heterocycles. The monoisotopic (exact) mass is 608 g/mol. The topological polar surface area (TPSA) is 108 Å². The first-order valence-electron chi connectivity index (χ1n) is 15.7. The number of amides is 2. The van der Waals surface area contributed by atoms with E-state index in [4.69, 9.17) is 4.42 Å². The van der Waals surface area contributed by atoms with Gasteiger partial charge in [-0.3, -0.25) is 9.59 Å². The average molecular weight is 609 g/mol. The molecule has 3 N–H and O–H groups in total. The first-order chi connectivity index (χ1) is 21.5. The highest BCUT2D eigenvalue weighted by atomic mass is 16.3. The molecule has 4 aromatic rings. The van der Waals surface area contributed by atoms with Crippen LogP contribution in [0.5, 0.6) is 0 Å². The summed E-state index contributed by atoms with van der Waals surface area (Å²) >= 11 is 0. The third-order valence-corrected chi connectivity index (χ3v) is 8.50. The summed E-state index contributed by atoms with van der Waals surface area (Å²) < 4.78 is 5.61. The highest BCUT2D eigenvalue weighted by Crippen LogP contribution is 2.33. The number of benzene rings is 3. The van der Waals surface area contributed by atoms with Crippen LogP contribution in [0, 0.1) is 6.92 Å². The molecular formula is C37H44N4O4. The van der Waals surface area contributed by atoms with Crippen LogP contribution in [0.4, 0.5) is 0 Å². The molecule has 8 heteroatoms. The number of aryl methyl sites for hydroxylation is 1. The molecule has 0 radical (unpaired) electrons. The molecule has 1 aliphatic heterocycles. The van der Waals surface area contributed by atoms with Crippen molar-refractivity contribution in [2.24, 2.45) is 0 Å². The first kappa shape index (κ1) is 32.1. The van der Waals surface area contributed by atoms with Gasteiger partial charge in [-0.1, -0.05) is 81.4 Å². The van der Waals surface area contributed by atoms with Crippen LogP contribution in [0.3, 0.4) is 0 Å². The highest BCUT2D eigenvalue weighted by molar-refractivity contribution is 6.00. The van der Waals surface area contributed by atoms with E-state index in [1.807, 2.05) is 37.3 Å². The lowest BCUT2D eigenvalue weighted by Gasteiger charge is -2.30. The average Bonchev–Trinajstić information content (AvgIpc) is 3.70. The lowest BCUT2D eigenvalue weighted by molar-refractivity contribution is 0.0715. The van der Waals surface area contributed by atoms with E-state index in [1.165, 1.54) is 5.56 Å². The summed E-state index contributed by atoms with van der Waals surface area (Å²) in [5, 5.41) is 18.1. The molecule has 1 fully saturated rings. The van der Waals surface area contributed by atoms with Gasteiger partial charge in [0.1, 0.15) is 12.3 Å². The van der Waals surface area contributed by atoms with Gasteiger partial charge in [0.05, 0.1) is 23.9 Å². The van der Waals surface area contributed by atoms with Gasteiger partial charge in [-0.2, -0.15) is 0 Å². The standard InChI is InChI=1S/C37H44N4O4/c1-24-23-45-35(39-24)31-18-11-19-41(31)36(44)29-16-10-15-28(21-29)34(43)40-25(2)33(42)32(27-13-7-6-8-14-27)38-22-26-12-9-17-30(20-26)37(3,4)5/h6-10,12-17,20-21,23,25,31-33,38,42H,11,18-19,22H2,1-5H3,(H,40,43). The van der Waals surface area contributed by atoms with Crippen LogP contribution in [0.2, 0.25) is 0 Å². The van der Waals surface area contributed by atoms with Gasteiger partial charge in [-0.25, -0.2) is 4.98 Å². The van der Waals surface area contributed by atoms with Crippen molar-refractivity contribution < 1.29 is 19.1 Å². The van der Waals surface area contributed by atoms with Crippen LogP contribution in [0.15, 0.2) is 89.5 Å². The van der Waals surface area contributed by atoms with E-state index in [2.05, 4.69) is 60.7 Å². The number of carbonyl (C=O) groups excluding carboxylic acids is 2. The van der Waals surface area contributed by atoms with Crippen molar-refractivity contribution in [2.75, 3.05) is 6.54 Å². The summed E-state index contributed by atoms with van der Waals surface area (Å²) in [6.07, 6.45) is 2.30. The van der Waals surface area contributed by atoms with E-state index in [1.54, 1.807) is 42.4 Å². The van der Waals surface area contributed by atoms with Crippen LogP contribution < -0.4 is 10.6 Å². The summed E-state index contributed by atoms with van der Waals surface area (Å²) in [6, 6.07) is 23.7. The number of carbonyl (C=O) groups is 2. The van der Waals surface area contributed by atoms with E-state index in [-0.39, 0.29) is 23.3 Å². The fourth-order valence-corrected chi connectivity index (χ4v) is 5.89. The van der Waals surface area contributed by atoms with Gasteiger partial charge >= 0.3 is 0 Å². The number of hydrogen-bond acceptors (Lipinski definition) is 6. The number of aliphatic hydroxyl groups is 1. The molecule has 3 aromatic carbocycles. The number of rotatable bonds is 10. The Kier molecular flexibility index (Phi) is 9.85. The zero-order chi connectivity index (χ0) is 32.1. The molecule has 45 heavy (non-hydrogen) atoms. The number of likely N-dealkylation sites (tertiary alicyclic amines) is 1. The summed E-state index contributed by atoms with van der Waals surface area (Å²) in [4.78, 5) is 33.2. The number of nitrogens with zero attached hydrogens (tertiary/aromatic N) is 2. The molecule has 4 unspecified atom stereocenters. The third kappa shape index (κ3) is 7.70. The summed E-state index contributed by atoms with van der Waals surface area (Å²) in [5.41, 5.74) is 4.87. The Hall–Kier alpha value is -4.27. The Bertz CT molecular complexity index is 1610. The van der Waals surface area contributed by atoms with Crippen LogP contribution in [-0.4, -0.2) is 45.5 Å². The van der Waals surface area contributed by atoms with Gasteiger partial charge in [-0.05, 0) is 67.0 Å². The maximum Gasteiger partial charge on any atom is 0.254 e. The molecule has 1 aliphatic rings. The Labute approximate surface area is 265 Å². The molecular weight excluding hydrogens is 564 g/mol. The van der Waals surface area contributed by atoms with Crippen LogP contribution in [0.25, 0.3) is 0 Å². The fourth-order valence-electron chi connectivity index (χ4n) is 5.89. The summed E-state index contributed by atoms with van der Waals surface area (Å²) in [5.74, 6) is 0.0145. The van der Waals surface area contributed by atoms with Crippen molar-refractivity contribution in [1.29, 1.82) is 0 Å². The summed E-state index contributed by atoms with van der Waals surface area (Å²) in [6.45, 7) is 11.4. The van der Waals surface area contributed by atoms with Gasteiger partial charge in [0.15, 0.2) is 0 Å². The molecule has 4 atom stereocenters. The Balaban J connectivity index is 1.28. The van der Waals surface area contributed by atoms with Crippen LogP contribution in [0.1, 0.15) is 102 Å². The molecule has 8 nitrogen and oxygen atoms in total. The molecule has 5 rings (SSSR count). The number of aromatic nitrogens is 1. The van der Waals surface area contributed by atoms with E-state index >= 15 is 0 Å². The minimum Gasteiger partial charge on any atom is -0.446 e. The molecule has 2 amide bonds. The lowest BCUT2D eigenvalue weighted by atomic mass is 9.86. The molecule has 0 bridgehead atoms. The van der Waals surface area contributed by atoms with Gasteiger partial charge in [-0.15, -0.1) is 0 Å². The Morgan fingerprint density at radius 3 is 2.47 bits per heavy atom. The molecule has 2 heterocycles. The number of nitrogens with one attached hydrogen (secondary N) is 2. The molecule has 0 saturated carbocycles. The van der Waals surface area contributed by atoms with Gasteiger partial charge in [0.2, 0.25) is 5.89 Å². The first-order valence-corrected chi connectivity index (χ1v) is 15.7. The predicted molar refractivity (Wildman–Crippen MR) is 175 cm³/mol. The van der Waals surface area contributed by atoms with E-state index in [9.17, 15) is 14.7 Å². The zero-order valence-electron chi connectivity index (χ0n) is 26.8. The summed E-state index contributed by atoms with van der Waals surface area (Å²) in [7, 11) is 0. The molecule has 236 valence electrons. The fraction of sp³-hybridized carbons (Fsp3) is 0.378. The highest BCUT2D eigenvalue weighted by Gasteiger charge is 2.34. The number of aliphatic hydroxyl groups excluding tert-OH is 1. The SMILES string of the molecule is Cc1coc(C2CCCN2C(=O)c2cccc(C(=O)NC(C)C(O)C(NCc3cccc(C(C)(C)C)c3)c3ccccc3)c2)n1. The van der Waals surface area contributed by atoms with Crippen molar-refractivity contribution in [3.8, 4) is 0 Å². The Morgan fingerprint density at radius 1 is 1.02 bits per heavy atom. The van der Waals surface area contributed by atoms with Crippen molar-refractivity contribution in [3.05, 3.63) is 125 Å². The number of oxazole rings is 1. The lowest BCUT2D eigenvalue weighted by Crippen LogP contribution is -2.47. The van der Waals surface area contributed by atoms with Gasteiger partial charge in [0.25, 0.3) is 11.8 Å². The van der Waals surface area contributed by atoms with Crippen molar-refractivity contribution in [2.45, 2.75) is 83.6 Å². The minimum atomic E-state index is -0.929. The largest absolute Gasteiger partial charge is 0.446 e. The van der Waals surface area contributed by atoms with Crippen molar-refractivity contribution >= 4 is 11.8 Å². The molecule has 1 aromatic heterocycles. The van der Waals surface area contributed by atoms with E-state index in [0.29, 0.717) is 30.1 Å².